The van der Waals surface area contributed by atoms with Crippen molar-refractivity contribution in [2.75, 3.05) is 26.9 Å². The average molecular weight is 252 g/mol. The van der Waals surface area contributed by atoms with Crippen molar-refractivity contribution in [1.29, 1.82) is 0 Å². The second kappa shape index (κ2) is 7.68. The van der Waals surface area contributed by atoms with Gasteiger partial charge in [-0.05, 0) is 13.0 Å². The van der Waals surface area contributed by atoms with Crippen molar-refractivity contribution < 1.29 is 14.3 Å². The molecule has 0 aliphatic rings. The molecule has 0 saturated carbocycles. The molecule has 0 unspecified atom stereocenters. The van der Waals surface area contributed by atoms with E-state index in [1.165, 1.54) is 0 Å². The van der Waals surface area contributed by atoms with E-state index in [1.54, 1.807) is 13.2 Å². The number of hydrogen-bond donors (Lipinski definition) is 2. The lowest BCUT2D eigenvalue weighted by Crippen LogP contribution is -2.31. The number of rotatable bonds is 7. The standard InChI is InChI=1S/C13H20N2O3/c1-10(14)11-5-3-4-6-12(11)18-9-13(16)15-7-8-17-2/h3-6,10H,7-9,14H2,1-2H3,(H,15,16)/t10-/m0/s1. The van der Waals surface area contributed by atoms with Gasteiger partial charge in [0, 0.05) is 25.3 Å². The molecule has 1 amide bonds. The molecule has 1 aromatic carbocycles. The minimum absolute atomic E-state index is 0.0204. The molecular formula is C13H20N2O3. The maximum absolute atomic E-state index is 11.4. The third kappa shape index (κ3) is 4.73. The Bertz CT molecular complexity index is 380. The first-order valence-electron chi connectivity index (χ1n) is 5.88. The molecule has 0 aromatic heterocycles. The second-order valence-electron chi connectivity index (χ2n) is 3.96. The molecule has 1 rings (SSSR count). The van der Waals surface area contributed by atoms with Gasteiger partial charge < -0.3 is 20.5 Å². The molecule has 0 spiro atoms. The fourth-order valence-electron chi connectivity index (χ4n) is 1.47. The first-order chi connectivity index (χ1) is 8.65. The van der Waals surface area contributed by atoms with Crippen molar-refractivity contribution >= 4 is 5.91 Å². The molecule has 0 heterocycles. The summed E-state index contributed by atoms with van der Waals surface area (Å²) in [6.45, 7) is 2.82. The molecule has 5 heteroatoms. The predicted octanol–water partition coefficient (Wildman–Crippen LogP) is 0.848. The number of para-hydroxylation sites is 1. The highest BCUT2D eigenvalue weighted by Crippen LogP contribution is 2.22. The van der Waals surface area contributed by atoms with Gasteiger partial charge in [-0.1, -0.05) is 18.2 Å². The summed E-state index contributed by atoms with van der Waals surface area (Å²) in [5, 5.41) is 2.68. The monoisotopic (exact) mass is 252 g/mol. The van der Waals surface area contributed by atoms with E-state index in [-0.39, 0.29) is 18.6 Å². The van der Waals surface area contributed by atoms with Crippen LogP contribution in [0.1, 0.15) is 18.5 Å². The van der Waals surface area contributed by atoms with Gasteiger partial charge in [0.2, 0.25) is 0 Å². The van der Waals surface area contributed by atoms with Crippen LogP contribution in [0.25, 0.3) is 0 Å². The fraction of sp³-hybridized carbons (Fsp3) is 0.462. The Kier molecular flexibility index (Phi) is 6.18. The van der Waals surface area contributed by atoms with Gasteiger partial charge in [0.1, 0.15) is 5.75 Å². The van der Waals surface area contributed by atoms with Crippen LogP contribution in [-0.4, -0.2) is 32.8 Å². The SMILES string of the molecule is COCCNC(=O)COc1ccccc1[C@H](C)N. The summed E-state index contributed by atoms with van der Waals surface area (Å²) in [5.74, 6) is 0.473. The lowest BCUT2D eigenvalue weighted by atomic mass is 10.1. The van der Waals surface area contributed by atoms with E-state index < -0.39 is 0 Å². The minimum Gasteiger partial charge on any atom is -0.483 e. The van der Waals surface area contributed by atoms with Crippen LogP contribution in [0.4, 0.5) is 0 Å². The number of amides is 1. The van der Waals surface area contributed by atoms with Crippen LogP contribution >= 0.6 is 0 Å². The summed E-state index contributed by atoms with van der Waals surface area (Å²) in [4.78, 5) is 11.4. The Morgan fingerprint density at radius 1 is 1.44 bits per heavy atom. The number of benzene rings is 1. The summed E-state index contributed by atoms with van der Waals surface area (Å²) < 4.78 is 10.3. The molecule has 1 atom stereocenters. The number of carbonyl (C=O) groups excluding carboxylic acids is 1. The molecule has 0 saturated heterocycles. The van der Waals surface area contributed by atoms with Gasteiger partial charge in [0.05, 0.1) is 6.61 Å². The number of nitrogens with two attached hydrogens (primary N) is 1. The fourth-order valence-corrected chi connectivity index (χ4v) is 1.47. The van der Waals surface area contributed by atoms with E-state index in [4.69, 9.17) is 15.2 Å². The van der Waals surface area contributed by atoms with Crippen LogP contribution < -0.4 is 15.8 Å². The number of ether oxygens (including phenoxy) is 2. The zero-order chi connectivity index (χ0) is 13.4. The van der Waals surface area contributed by atoms with Gasteiger partial charge in [-0.25, -0.2) is 0 Å². The highest BCUT2D eigenvalue weighted by atomic mass is 16.5. The largest absolute Gasteiger partial charge is 0.483 e. The van der Waals surface area contributed by atoms with E-state index >= 15 is 0 Å². The lowest BCUT2D eigenvalue weighted by molar-refractivity contribution is -0.123. The van der Waals surface area contributed by atoms with Gasteiger partial charge in [0.25, 0.3) is 5.91 Å². The molecule has 5 nitrogen and oxygen atoms in total. The Morgan fingerprint density at radius 3 is 2.83 bits per heavy atom. The third-order valence-corrected chi connectivity index (χ3v) is 2.40. The maximum atomic E-state index is 11.4. The lowest BCUT2D eigenvalue weighted by Gasteiger charge is -2.13. The van der Waals surface area contributed by atoms with Gasteiger partial charge in [-0.3, -0.25) is 4.79 Å². The van der Waals surface area contributed by atoms with Crippen molar-refractivity contribution in [1.82, 2.24) is 5.32 Å². The molecule has 0 bridgehead atoms. The van der Waals surface area contributed by atoms with Crippen LogP contribution in [0.15, 0.2) is 24.3 Å². The highest BCUT2D eigenvalue weighted by molar-refractivity contribution is 5.77. The normalized spacial score (nSPS) is 11.9. The molecule has 0 radical (unpaired) electrons. The molecule has 100 valence electrons. The van der Waals surface area contributed by atoms with Gasteiger partial charge in [0.15, 0.2) is 6.61 Å². The Balaban J connectivity index is 2.45. The topological polar surface area (TPSA) is 73.6 Å². The van der Waals surface area contributed by atoms with Gasteiger partial charge in [-0.15, -0.1) is 0 Å². The summed E-state index contributed by atoms with van der Waals surface area (Å²) in [6, 6.07) is 7.32. The minimum atomic E-state index is -0.175. The second-order valence-corrected chi connectivity index (χ2v) is 3.96. The number of hydrogen-bond acceptors (Lipinski definition) is 4. The van der Waals surface area contributed by atoms with Crippen molar-refractivity contribution in [2.24, 2.45) is 5.73 Å². The smallest absolute Gasteiger partial charge is 0.258 e. The summed E-state index contributed by atoms with van der Waals surface area (Å²) in [5.41, 5.74) is 6.71. The van der Waals surface area contributed by atoms with Gasteiger partial charge >= 0.3 is 0 Å². The van der Waals surface area contributed by atoms with E-state index in [0.717, 1.165) is 5.56 Å². The van der Waals surface area contributed by atoms with E-state index in [9.17, 15) is 4.79 Å². The average Bonchev–Trinajstić information content (AvgIpc) is 2.37. The first-order valence-corrected chi connectivity index (χ1v) is 5.88. The summed E-state index contributed by atoms with van der Waals surface area (Å²) in [6.07, 6.45) is 0. The van der Waals surface area contributed by atoms with E-state index in [0.29, 0.717) is 18.9 Å². The predicted molar refractivity (Wildman–Crippen MR) is 69.4 cm³/mol. The number of carbonyl (C=O) groups is 1. The number of methoxy groups -OCH3 is 1. The third-order valence-electron chi connectivity index (χ3n) is 2.40. The molecule has 3 N–H and O–H groups in total. The summed E-state index contributed by atoms with van der Waals surface area (Å²) in [7, 11) is 1.58. The summed E-state index contributed by atoms with van der Waals surface area (Å²) >= 11 is 0. The highest BCUT2D eigenvalue weighted by Gasteiger charge is 2.08. The molecule has 0 aliphatic carbocycles. The first kappa shape index (κ1) is 14.5. The van der Waals surface area contributed by atoms with Gasteiger partial charge in [-0.2, -0.15) is 0 Å². The van der Waals surface area contributed by atoms with Crippen LogP contribution in [0.3, 0.4) is 0 Å². The molecule has 1 aromatic rings. The van der Waals surface area contributed by atoms with Crippen LogP contribution in [-0.2, 0) is 9.53 Å². The van der Waals surface area contributed by atoms with Crippen molar-refractivity contribution in [3.05, 3.63) is 29.8 Å². The Labute approximate surface area is 107 Å². The van der Waals surface area contributed by atoms with Crippen LogP contribution in [0.5, 0.6) is 5.75 Å². The van der Waals surface area contributed by atoms with Crippen LogP contribution in [0.2, 0.25) is 0 Å². The van der Waals surface area contributed by atoms with Crippen molar-refractivity contribution in [3.8, 4) is 5.75 Å². The quantitative estimate of drug-likeness (QED) is 0.705. The Hall–Kier alpha value is -1.59. The molecular weight excluding hydrogens is 232 g/mol. The molecule has 18 heavy (non-hydrogen) atoms. The maximum Gasteiger partial charge on any atom is 0.258 e. The van der Waals surface area contributed by atoms with Crippen molar-refractivity contribution in [2.45, 2.75) is 13.0 Å². The van der Waals surface area contributed by atoms with E-state index in [1.807, 2.05) is 25.1 Å². The zero-order valence-electron chi connectivity index (χ0n) is 10.8. The van der Waals surface area contributed by atoms with Crippen LogP contribution in [0, 0.1) is 0 Å². The number of nitrogens with one attached hydrogen (secondary N) is 1. The molecule has 0 fully saturated rings. The Morgan fingerprint density at radius 2 is 2.17 bits per heavy atom. The zero-order valence-corrected chi connectivity index (χ0v) is 10.8. The van der Waals surface area contributed by atoms with Crippen molar-refractivity contribution in [3.63, 3.8) is 0 Å². The molecule has 0 aliphatic heterocycles. The van der Waals surface area contributed by atoms with E-state index in [2.05, 4.69) is 5.32 Å².